The molecule has 1 unspecified atom stereocenters. The minimum Gasteiger partial charge on any atom is -0.497 e. The molecule has 0 radical (unpaired) electrons. The van der Waals surface area contributed by atoms with Gasteiger partial charge < -0.3 is 15.0 Å². The van der Waals surface area contributed by atoms with Crippen molar-refractivity contribution in [3.63, 3.8) is 0 Å². The van der Waals surface area contributed by atoms with E-state index in [9.17, 15) is 14.9 Å². The van der Waals surface area contributed by atoms with Gasteiger partial charge in [-0.2, -0.15) is 0 Å². The lowest BCUT2D eigenvalue weighted by molar-refractivity contribution is -0.384. The molecule has 1 aliphatic heterocycles. The molecule has 0 aliphatic carbocycles. The van der Waals surface area contributed by atoms with Crippen LogP contribution in [0.1, 0.15) is 37.3 Å². The third kappa shape index (κ3) is 4.55. The molecule has 3 rings (SSSR count). The van der Waals surface area contributed by atoms with E-state index in [-0.39, 0.29) is 17.8 Å². The van der Waals surface area contributed by atoms with Crippen molar-refractivity contribution in [1.29, 1.82) is 0 Å². The summed E-state index contributed by atoms with van der Waals surface area (Å²) in [6, 6.07) is 13.5. The maximum Gasteiger partial charge on any atom is 0.322 e. The number of carbonyl (C=O) groups is 1. The summed E-state index contributed by atoms with van der Waals surface area (Å²) in [6.07, 6.45) is 4.02. The van der Waals surface area contributed by atoms with Crippen LogP contribution in [-0.2, 0) is 0 Å². The number of ether oxygens (including phenoxy) is 1. The highest BCUT2D eigenvalue weighted by Crippen LogP contribution is 2.31. The molecule has 142 valence electrons. The quantitative estimate of drug-likeness (QED) is 0.622. The minimum atomic E-state index is -0.458. The third-order valence-electron chi connectivity index (χ3n) is 4.84. The highest BCUT2D eigenvalue weighted by atomic mass is 16.6. The molecule has 27 heavy (non-hydrogen) atoms. The standard InChI is InChI=1S/C20H23N3O4/c1-27-18-12-6-15(7-13-18)19-5-3-2-4-14-22(19)20(24)21-16-8-10-17(11-9-16)23(25)26/h6-13,19H,2-5,14H2,1H3,(H,21,24). The average Bonchev–Trinajstić information content (AvgIpc) is 2.94. The van der Waals surface area contributed by atoms with E-state index >= 15 is 0 Å². The van der Waals surface area contributed by atoms with E-state index in [1.54, 1.807) is 19.2 Å². The van der Waals surface area contributed by atoms with Gasteiger partial charge in [-0.3, -0.25) is 10.1 Å². The van der Waals surface area contributed by atoms with Gasteiger partial charge >= 0.3 is 6.03 Å². The molecule has 2 aromatic carbocycles. The molecule has 1 fully saturated rings. The van der Waals surface area contributed by atoms with Crippen molar-refractivity contribution in [2.24, 2.45) is 0 Å². The molecule has 2 amide bonds. The van der Waals surface area contributed by atoms with Gasteiger partial charge in [0.05, 0.1) is 18.1 Å². The van der Waals surface area contributed by atoms with Gasteiger partial charge in [0.25, 0.3) is 5.69 Å². The van der Waals surface area contributed by atoms with Crippen LogP contribution in [0.3, 0.4) is 0 Å². The monoisotopic (exact) mass is 369 g/mol. The number of nitrogens with zero attached hydrogens (tertiary/aromatic N) is 2. The number of hydrogen-bond acceptors (Lipinski definition) is 4. The number of urea groups is 1. The highest BCUT2D eigenvalue weighted by molar-refractivity contribution is 5.89. The van der Waals surface area contributed by atoms with Gasteiger partial charge in [0, 0.05) is 24.4 Å². The number of hydrogen-bond donors (Lipinski definition) is 1. The number of carbonyl (C=O) groups excluding carboxylic acids is 1. The number of rotatable bonds is 4. The number of amides is 2. The fourth-order valence-electron chi connectivity index (χ4n) is 3.39. The first kappa shape index (κ1) is 18.7. The Balaban J connectivity index is 1.77. The van der Waals surface area contributed by atoms with Crippen molar-refractivity contribution in [2.45, 2.75) is 31.7 Å². The van der Waals surface area contributed by atoms with Crippen molar-refractivity contribution < 1.29 is 14.5 Å². The fraction of sp³-hybridized carbons (Fsp3) is 0.350. The van der Waals surface area contributed by atoms with Crippen molar-refractivity contribution >= 4 is 17.4 Å². The van der Waals surface area contributed by atoms with Gasteiger partial charge in [0.2, 0.25) is 0 Å². The molecule has 7 nitrogen and oxygen atoms in total. The lowest BCUT2D eigenvalue weighted by Crippen LogP contribution is -2.38. The number of nitrogens with one attached hydrogen (secondary N) is 1. The fourth-order valence-corrected chi connectivity index (χ4v) is 3.39. The molecule has 0 bridgehead atoms. The maximum atomic E-state index is 12.9. The number of likely N-dealkylation sites (tertiary alicyclic amines) is 1. The van der Waals surface area contributed by atoms with E-state index in [0.717, 1.165) is 37.0 Å². The second-order valence-corrected chi connectivity index (χ2v) is 6.57. The minimum absolute atomic E-state index is 0.00104. The Kier molecular flexibility index (Phi) is 5.90. The van der Waals surface area contributed by atoms with Crippen LogP contribution in [0.2, 0.25) is 0 Å². The van der Waals surface area contributed by atoms with E-state index < -0.39 is 4.92 Å². The highest BCUT2D eigenvalue weighted by Gasteiger charge is 2.27. The summed E-state index contributed by atoms with van der Waals surface area (Å²) < 4.78 is 5.22. The number of nitro groups is 1. The van der Waals surface area contributed by atoms with Crippen LogP contribution in [0.15, 0.2) is 48.5 Å². The zero-order chi connectivity index (χ0) is 19.2. The summed E-state index contributed by atoms with van der Waals surface area (Å²) in [4.78, 5) is 25.1. The third-order valence-corrected chi connectivity index (χ3v) is 4.84. The second-order valence-electron chi connectivity index (χ2n) is 6.57. The largest absolute Gasteiger partial charge is 0.497 e. The molecular weight excluding hydrogens is 346 g/mol. The van der Waals surface area contributed by atoms with E-state index in [1.807, 2.05) is 29.2 Å². The maximum absolute atomic E-state index is 12.9. The molecular formula is C20H23N3O4. The van der Waals surface area contributed by atoms with Gasteiger partial charge in [-0.1, -0.05) is 25.0 Å². The van der Waals surface area contributed by atoms with Gasteiger partial charge in [-0.25, -0.2) is 4.79 Å². The summed E-state index contributed by atoms with van der Waals surface area (Å²) in [7, 11) is 1.63. The van der Waals surface area contributed by atoms with Crippen LogP contribution >= 0.6 is 0 Å². The first-order valence-corrected chi connectivity index (χ1v) is 9.04. The summed E-state index contributed by atoms with van der Waals surface area (Å²) in [5, 5.41) is 13.6. The van der Waals surface area contributed by atoms with Crippen molar-refractivity contribution in [1.82, 2.24) is 4.90 Å². The number of benzene rings is 2. The van der Waals surface area contributed by atoms with Gasteiger partial charge in [-0.15, -0.1) is 0 Å². The van der Waals surface area contributed by atoms with Crippen LogP contribution in [0, 0.1) is 10.1 Å². The number of anilines is 1. The number of non-ortho nitro benzene ring substituents is 1. The Morgan fingerprint density at radius 2 is 1.81 bits per heavy atom. The molecule has 0 spiro atoms. The van der Waals surface area contributed by atoms with Crippen LogP contribution in [0.25, 0.3) is 0 Å². The molecule has 1 N–H and O–H groups in total. The SMILES string of the molecule is COc1ccc(C2CCCCCN2C(=O)Nc2ccc([N+](=O)[O-])cc2)cc1. The zero-order valence-electron chi connectivity index (χ0n) is 15.3. The first-order chi connectivity index (χ1) is 13.1. The number of nitro benzene ring substituents is 1. The lowest BCUT2D eigenvalue weighted by atomic mass is 10.0. The second kappa shape index (κ2) is 8.53. The number of methoxy groups -OCH3 is 1. The van der Waals surface area contributed by atoms with E-state index in [4.69, 9.17) is 4.74 Å². The Morgan fingerprint density at radius 1 is 1.11 bits per heavy atom. The molecule has 1 atom stereocenters. The molecule has 1 saturated heterocycles. The summed E-state index contributed by atoms with van der Waals surface area (Å²) in [5.41, 5.74) is 1.62. The van der Waals surface area contributed by atoms with Gasteiger partial charge in [-0.05, 0) is 42.7 Å². The van der Waals surface area contributed by atoms with Crippen LogP contribution in [-0.4, -0.2) is 29.5 Å². The molecule has 1 aliphatic rings. The van der Waals surface area contributed by atoms with E-state index in [1.165, 1.54) is 12.1 Å². The Morgan fingerprint density at radius 3 is 2.44 bits per heavy atom. The van der Waals surface area contributed by atoms with Crippen LogP contribution < -0.4 is 10.1 Å². The van der Waals surface area contributed by atoms with E-state index in [2.05, 4.69) is 5.32 Å². The van der Waals surface area contributed by atoms with Crippen LogP contribution in [0.4, 0.5) is 16.2 Å². The van der Waals surface area contributed by atoms with Crippen LogP contribution in [0.5, 0.6) is 5.75 Å². The smallest absolute Gasteiger partial charge is 0.322 e. The van der Waals surface area contributed by atoms with Crippen molar-refractivity contribution in [3.05, 3.63) is 64.2 Å². The predicted molar refractivity (Wildman–Crippen MR) is 103 cm³/mol. The van der Waals surface area contributed by atoms with Gasteiger partial charge in [0.1, 0.15) is 5.75 Å². The predicted octanol–water partition coefficient (Wildman–Crippen LogP) is 4.75. The molecule has 0 aromatic heterocycles. The Bertz CT molecular complexity index is 790. The molecule has 2 aromatic rings. The summed E-state index contributed by atoms with van der Waals surface area (Å²) >= 11 is 0. The molecule has 7 heteroatoms. The Hall–Kier alpha value is -3.09. The molecule has 0 saturated carbocycles. The average molecular weight is 369 g/mol. The zero-order valence-corrected chi connectivity index (χ0v) is 15.3. The Labute approximate surface area is 158 Å². The van der Waals surface area contributed by atoms with Crippen molar-refractivity contribution in [3.8, 4) is 5.75 Å². The topological polar surface area (TPSA) is 84.7 Å². The lowest BCUT2D eigenvalue weighted by Gasteiger charge is -2.30. The van der Waals surface area contributed by atoms with E-state index in [0.29, 0.717) is 12.2 Å². The first-order valence-electron chi connectivity index (χ1n) is 9.04. The summed E-state index contributed by atoms with van der Waals surface area (Å²) in [5.74, 6) is 0.786. The van der Waals surface area contributed by atoms with Gasteiger partial charge in [0.15, 0.2) is 0 Å². The normalized spacial score (nSPS) is 17.1. The molecule has 1 heterocycles. The van der Waals surface area contributed by atoms with Crippen molar-refractivity contribution in [2.75, 3.05) is 19.0 Å². The summed E-state index contributed by atoms with van der Waals surface area (Å²) in [6.45, 7) is 0.676.